The van der Waals surface area contributed by atoms with Crippen LogP contribution in [0.1, 0.15) is 11.6 Å². The summed E-state index contributed by atoms with van der Waals surface area (Å²) in [5.74, 6) is 1.48. The second kappa shape index (κ2) is 2.02. The number of rotatable bonds is 0. The standard InChI is InChI=1S/C7H7N3O/c1-4-6-3-8-5(2)9-7(6)10-11-4/h3H,1-2H3. The molecule has 0 amide bonds. The van der Waals surface area contributed by atoms with Crippen LogP contribution in [-0.4, -0.2) is 15.1 Å². The van der Waals surface area contributed by atoms with Crippen molar-refractivity contribution in [2.45, 2.75) is 13.8 Å². The molecule has 56 valence electrons. The van der Waals surface area contributed by atoms with Crippen LogP contribution in [0.4, 0.5) is 0 Å². The molecule has 0 saturated carbocycles. The second-order valence-corrected chi connectivity index (χ2v) is 2.39. The molecule has 0 N–H and O–H groups in total. The van der Waals surface area contributed by atoms with Crippen molar-refractivity contribution in [2.24, 2.45) is 0 Å². The van der Waals surface area contributed by atoms with Crippen LogP contribution < -0.4 is 0 Å². The van der Waals surface area contributed by atoms with E-state index in [0.29, 0.717) is 11.5 Å². The van der Waals surface area contributed by atoms with E-state index in [1.54, 1.807) is 6.20 Å². The van der Waals surface area contributed by atoms with Gasteiger partial charge in [0.25, 0.3) is 0 Å². The molecular weight excluding hydrogens is 142 g/mol. The highest BCUT2D eigenvalue weighted by Crippen LogP contribution is 2.13. The first kappa shape index (κ1) is 6.27. The molecule has 0 saturated heterocycles. The molecule has 4 heteroatoms. The largest absolute Gasteiger partial charge is 0.359 e. The topological polar surface area (TPSA) is 51.8 Å². The minimum atomic E-state index is 0.634. The Labute approximate surface area is 63.2 Å². The molecule has 2 aromatic rings. The summed E-state index contributed by atoms with van der Waals surface area (Å²) in [6, 6.07) is 0. The van der Waals surface area contributed by atoms with Gasteiger partial charge in [0.15, 0.2) is 0 Å². The second-order valence-electron chi connectivity index (χ2n) is 2.39. The van der Waals surface area contributed by atoms with Gasteiger partial charge in [0.2, 0.25) is 5.65 Å². The lowest BCUT2D eigenvalue weighted by Crippen LogP contribution is -1.85. The Morgan fingerprint density at radius 1 is 1.36 bits per heavy atom. The Bertz CT molecular complexity index is 393. The van der Waals surface area contributed by atoms with Crippen molar-refractivity contribution in [1.82, 2.24) is 15.1 Å². The summed E-state index contributed by atoms with van der Waals surface area (Å²) in [4.78, 5) is 8.11. The van der Waals surface area contributed by atoms with E-state index in [4.69, 9.17) is 4.52 Å². The highest BCUT2D eigenvalue weighted by Gasteiger charge is 2.04. The monoisotopic (exact) mass is 149 g/mol. The van der Waals surface area contributed by atoms with Gasteiger partial charge in [0.05, 0.1) is 5.39 Å². The van der Waals surface area contributed by atoms with Crippen molar-refractivity contribution in [3.63, 3.8) is 0 Å². The molecule has 2 aromatic heterocycles. The number of hydrogen-bond donors (Lipinski definition) is 0. The molecule has 0 unspecified atom stereocenters. The molecule has 0 bridgehead atoms. The first-order chi connectivity index (χ1) is 5.27. The Morgan fingerprint density at radius 2 is 2.18 bits per heavy atom. The Hall–Kier alpha value is -1.45. The molecule has 0 aliphatic heterocycles. The number of aryl methyl sites for hydroxylation is 2. The lowest BCUT2D eigenvalue weighted by atomic mass is 10.3. The van der Waals surface area contributed by atoms with Gasteiger partial charge in [-0.05, 0) is 13.8 Å². The normalized spacial score (nSPS) is 10.7. The number of hydrogen-bond acceptors (Lipinski definition) is 4. The van der Waals surface area contributed by atoms with Gasteiger partial charge >= 0.3 is 0 Å². The predicted molar refractivity (Wildman–Crippen MR) is 39.1 cm³/mol. The van der Waals surface area contributed by atoms with Gasteiger partial charge in [-0.2, -0.15) is 0 Å². The van der Waals surface area contributed by atoms with E-state index >= 15 is 0 Å². The minimum absolute atomic E-state index is 0.634. The lowest BCUT2D eigenvalue weighted by molar-refractivity contribution is 0.404. The third-order valence-corrected chi connectivity index (χ3v) is 1.54. The van der Waals surface area contributed by atoms with E-state index in [1.807, 2.05) is 13.8 Å². The predicted octanol–water partition coefficient (Wildman–Crippen LogP) is 1.23. The summed E-state index contributed by atoms with van der Waals surface area (Å²) in [5, 5.41) is 4.64. The summed E-state index contributed by atoms with van der Waals surface area (Å²) in [5.41, 5.74) is 0.634. The fourth-order valence-electron chi connectivity index (χ4n) is 0.937. The minimum Gasteiger partial charge on any atom is -0.359 e. The molecule has 2 rings (SSSR count). The van der Waals surface area contributed by atoms with E-state index in [1.165, 1.54) is 0 Å². The van der Waals surface area contributed by atoms with Gasteiger partial charge in [-0.3, -0.25) is 0 Å². The van der Waals surface area contributed by atoms with E-state index < -0.39 is 0 Å². The third-order valence-electron chi connectivity index (χ3n) is 1.54. The van der Waals surface area contributed by atoms with Crippen molar-refractivity contribution in [3.05, 3.63) is 17.8 Å². The zero-order chi connectivity index (χ0) is 7.84. The summed E-state index contributed by atoms with van der Waals surface area (Å²) in [6.45, 7) is 3.66. The van der Waals surface area contributed by atoms with Crippen LogP contribution in [0.5, 0.6) is 0 Å². The summed E-state index contributed by atoms with van der Waals surface area (Å²) < 4.78 is 4.92. The number of fused-ring (bicyclic) bond motifs is 1. The van der Waals surface area contributed by atoms with Crippen LogP contribution in [0.2, 0.25) is 0 Å². The first-order valence-corrected chi connectivity index (χ1v) is 3.33. The Morgan fingerprint density at radius 3 is 3.00 bits per heavy atom. The summed E-state index contributed by atoms with van der Waals surface area (Å²) in [6.07, 6.45) is 1.73. The average molecular weight is 149 g/mol. The first-order valence-electron chi connectivity index (χ1n) is 3.33. The van der Waals surface area contributed by atoms with Crippen molar-refractivity contribution in [2.75, 3.05) is 0 Å². The molecule has 2 heterocycles. The molecule has 0 atom stereocenters. The van der Waals surface area contributed by atoms with Crippen molar-refractivity contribution >= 4 is 11.0 Å². The fraction of sp³-hybridized carbons (Fsp3) is 0.286. The van der Waals surface area contributed by atoms with Gasteiger partial charge in [0, 0.05) is 6.20 Å². The van der Waals surface area contributed by atoms with E-state index in [2.05, 4.69) is 15.1 Å². The third kappa shape index (κ3) is 0.869. The van der Waals surface area contributed by atoms with Crippen LogP contribution in [-0.2, 0) is 0 Å². The van der Waals surface area contributed by atoms with Crippen LogP contribution >= 0.6 is 0 Å². The maximum absolute atomic E-state index is 4.92. The molecule has 0 aromatic carbocycles. The van der Waals surface area contributed by atoms with Crippen LogP contribution in [0.15, 0.2) is 10.7 Å². The molecule has 0 spiro atoms. The quantitative estimate of drug-likeness (QED) is 0.565. The van der Waals surface area contributed by atoms with Crippen molar-refractivity contribution in [3.8, 4) is 0 Å². The lowest BCUT2D eigenvalue weighted by Gasteiger charge is -1.87. The molecule has 0 aliphatic rings. The Kier molecular flexibility index (Phi) is 1.15. The van der Waals surface area contributed by atoms with Gasteiger partial charge < -0.3 is 4.52 Å². The smallest absolute Gasteiger partial charge is 0.206 e. The Balaban J connectivity index is 2.86. The molecular formula is C7H7N3O. The zero-order valence-corrected chi connectivity index (χ0v) is 6.33. The summed E-state index contributed by atoms with van der Waals surface area (Å²) >= 11 is 0. The van der Waals surface area contributed by atoms with Crippen molar-refractivity contribution in [1.29, 1.82) is 0 Å². The average Bonchev–Trinajstić information content (AvgIpc) is 2.32. The van der Waals surface area contributed by atoms with Gasteiger partial charge in [-0.1, -0.05) is 5.16 Å². The maximum atomic E-state index is 4.92. The van der Waals surface area contributed by atoms with E-state index in [-0.39, 0.29) is 0 Å². The maximum Gasteiger partial charge on any atom is 0.206 e. The van der Waals surface area contributed by atoms with E-state index in [9.17, 15) is 0 Å². The number of aromatic nitrogens is 3. The van der Waals surface area contributed by atoms with Crippen LogP contribution in [0.25, 0.3) is 11.0 Å². The highest BCUT2D eigenvalue weighted by atomic mass is 16.5. The van der Waals surface area contributed by atoms with Gasteiger partial charge in [-0.15, -0.1) is 0 Å². The zero-order valence-electron chi connectivity index (χ0n) is 6.33. The van der Waals surface area contributed by atoms with Crippen molar-refractivity contribution < 1.29 is 4.52 Å². The molecule has 11 heavy (non-hydrogen) atoms. The van der Waals surface area contributed by atoms with Gasteiger partial charge in [0.1, 0.15) is 11.6 Å². The van der Waals surface area contributed by atoms with Gasteiger partial charge in [-0.25, -0.2) is 9.97 Å². The molecule has 0 fully saturated rings. The SMILES string of the molecule is Cc1ncc2c(C)onc2n1. The molecule has 4 nitrogen and oxygen atoms in total. The molecule has 0 radical (unpaired) electrons. The number of nitrogens with zero attached hydrogens (tertiary/aromatic N) is 3. The summed E-state index contributed by atoms with van der Waals surface area (Å²) in [7, 11) is 0. The van der Waals surface area contributed by atoms with Crippen LogP contribution in [0.3, 0.4) is 0 Å². The highest BCUT2D eigenvalue weighted by molar-refractivity contribution is 5.75. The molecule has 0 aliphatic carbocycles. The van der Waals surface area contributed by atoms with Crippen LogP contribution in [0, 0.1) is 13.8 Å². The van der Waals surface area contributed by atoms with E-state index in [0.717, 1.165) is 11.1 Å². The fourth-order valence-corrected chi connectivity index (χ4v) is 0.937.